The molecular weight excluding hydrogens is 213 g/mol. The van der Waals surface area contributed by atoms with Gasteiger partial charge in [-0.3, -0.25) is 0 Å². The third-order valence-corrected chi connectivity index (χ3v) is 3.62. The summed E-state index contributed by atoms with van der Waals surface area (Å²) in [7, 11) is 0. The first-order valence-electron chi connectivity index (χ1n) is 6.60. The monoisotopic (exact) mass is 237 g/mol. The van der Waals surface area contributed by atoms with Gasteiger partial charge in [0.1, 0.15) is 5.82 Å². The molecular formula is C15H24FN. The van der Waals surface area contributed by atoms with E-state index in [0.29, 0.717) is 12.0 Å². The molecule has 0 radical (unpaired) electrons. The molecule has 1 aromatic rings. The molecule has 3 unspecified atom stereocenters. The van der Waals surface area contributed by atoms with Crippen molar-refractivity contribution in [2.75, 3.05) is 0 Å². The van der Waals surface area contributed by atoms with E-state index in [4.69, 9.17) is 0 Å². The Morgan fingerprint density at radius 2 is 1.88 bits per heavy atom. The Hall–Kier alpha value is -0.890. The average molecular weight is 237 g/mol. The molecule has 0 spiro atoms. The Labute approximate surface area is 104 Å². The maximum absolute atomic E-state index is 13.2. The normalized spacial score (nSPS) is 16.5. The molecule has 0 aliphatic carbocycles. The van der Waals surface area contributed by atoms with Gasteiger partial charge in [0.2, 0.25) is 0 Å². The smallest absolute Gasteiger partial charge is 0.123 e. The Balaban J connectivity index is 2.72. The van der Waals surface area contributed by atoms with Crippen molar-refractivity contribution < 1.29 is 4.39 Å². The molecule has 0 bridgehead atoms. The van der Waals surface area contributed by atoms with Gasteiger partial charge < -0.3 is 5.32 Å². The van der Waals surface area contributed by atoms with E-state index in [-0.39, 0.29) is 11.9 Å². The molecule has 0 amide bonds. The van der Waals surface area contributed by atoms with Crippen LogP contribution in [0.3, 0.4) is 0 Å². The number of halogens is 1. The number of hydrogen-bond donors (Lipinski definition) is 1. The summed E-state index contributed by atoms with van der Waals surface area (Å²) in [6.45, 7) is 8.78. The zero-order valence-electron chi connectivity index (χ0n) is 11.3. The van der Waals surface area contributed by atoms with Crippen LogP contribution in [0.15, 0.2) is 24.3 Å². The van der Waals surface area contributed by atoms with Gasteiger partial charge in [-0.2, -0.15) is 0 Å². The summed E-state index contributed by atoms with van der Waals surface area (Å²) in [5, 5.41) is 3.59. The Morgan fingerprint density at radius 3 is 2.41 bits per heavy atom. The zero-order valence-corrected chi connectivity index (χ0v) is 11.3. The van der Waals surface area contributed by atoms with Gasteiger partial charge in [-0.05, 0) is 37.0 Å². The van der Waals surface area contributed by atoms with Gasteiger partial charge in [0.15, 0.2) is 0 Å². The quantitative estimate of drug-likeness (QED) is 0.777. The minimum atomic E-state index is -0.154. The highest BCUT2D eigenvalue weighted by molar-refractivity contribution is 5.20. The molecule has 0 heterocycles. The van der Waals surface area contributed by atoms with Crippen LogP contribution in [0, 0.1) is 11.7 Å². The van der Waals surface area contributed by atoms with E-state index in [9.17, 15) is 4.39 Å². The third-order valence-electron chi connectivity index (χ3n) is 3.62. The molecule has 1 N–H and O–H groups in total. The van der Waals surface area contributed by atoms with Crippen molar-refractivity contribution in [1.29, 1.82) is 0 Å². The molecule has 0 saturated carbocycles. The predicted molar refractivity (Wildman–Crippen MR) is 71.5 cm³/mol. The lowest BCUT2D eigenvalue weighted by Crippen LogP contribution is -2.35. The van der Waals surface area contributed by atoms with Crippen LogP contribution >= 0.6 is 0 Å². The van der Waals surface area contributed by atoms with Crippen molar-refractivity contribution in [1.82, 2.24) is 5.32 Å². The highest BCUT2D eigenvalue weighted by atomic mass is 19.1. The van der Waals surface area contributed by atoms with Crippen LogP contribution in [0.25, 0.3) is 0 Å². The summed E-state index contributed by atoms with van der Waals surface area (Å²) in [5.74, 6) is 0.483. The maximum Gasteiger partial charge on any atom is 0.123 e. The van der Waals surface area contributed by atoms with E-state index in [0.717, 1.165) is 18.4 Å². The molecule has 3 atom stereocenters. The first kappa shape index (κ1) is 14.2. The second kappa shape index (κ2) is 6.75. The van der Waals surface area contributed by atoms with E-state index >= 15 is 0 Å². The first-order valence-corrected chi connectivity index (χ1v) is 6.60. The molecule has 0 aliphatic rings. The summed E-state index contributed by atoms with van der Waals surface area (Å²) >= 11 is 0. The minimum absolute atomic E-state index is 0.154. The van der Waals surface area contributed by atoms with E-state index < -0.39 is 0 Å². The molecule has 1 nitrogen and oxygen atoms in total. The highest BCUT2D eigenvalue weighted by Gasteiger charge is 2.16. The largest absolute Gasteiger partial charge is 0.307 e. The van der Waals surface area contributed by atoms with E-state index in [1.165, 1.54) is 6.07 Å². The van der Waals surface area contributed by atoms with Crippen molar-refractivity contribution in [3.63, 3.8) is 0 Å². The molecule has 96 valence electrons. The fraction of sp³-hybridized carbons (Fsp3) is 0.600. The van der Waals surface area contributed by atoms with Crippen LogP contribution in [0.1, 0.15) is 52.1 Å². The molecule has 1 rings (SSSR count). The summed E-state index contributed by atoms with van der Waals surface area (Å²) in [5.41, 5.74) is 1.04. The van der Waals surface area contributed by atoms with E-state index in [1.54, 1.807) is 12.1 Å². The second-order valence-corrected chi connectivity index (χ2v) is 4.86. The fourth-order valence-electron chi connectivity index (χ4n) is 2.01. The Kier molecular flexibility index (Phi) is 5.63. The van der Waals surface area contributed by atoms with Crippen LogP contribution in [-0.4, -0.2) is 6.04 Å². The molecule has 0 saturated heterocycles. The van der Waals surface area contributed by atoms with Crippen LogP contribution in [-0.2, 0) is 0 Å². The topological polar surface area (TPSA) is 12.0 Å². The Morgan fingerprint density at radius 1 is 1.18 bits per heavy atom. The van der Waals surface area contributed by atoms with Crippen molar-refractivity contribution in [3.05, 3.63) is 35.6 Å². The van der Waals surface area contributed by atoms with Gasteiger partial charge >= 0.3 is 0 Å². The van der Waals surface area contributed by atoms with Crippen LogP contribution in [0.5, 0.6) is 0 Å². The lowest BCUT2D eigenvalue weighted by Gasteiger charge is -2.26. The van der Waals surface area contributed by atoms with Crippen LogP contribution in [0.4, 0.5) is 4.39 Å². The Bertz CT molecular complexity index is 337. The van der Waals surface area contributed by atoms with Gasteiger partial charge in [0, 0.05) is 12.1 Å². The summed E-state index contributed by atoms with van der Waals surface area (Å²) in [6, 6.07) is 7.60. The molecule has 0 aromatic heterocycles. The molecule has 0 aliphatic heterocycles. The SMILES string of the molecule is CCC(NC(C)C(C)CC)c1cccc(F)c1. The van der Waals surface area contributed by atoms with Gasteiger partial charge in [-0.25, -0.2) is 4.39 Å². The van der Waals surface area contributed by atoms with Crippen molar-refractivity contribution in [3.8, 4) is 0 Å². The lowest BCUT2D eigenvalue weighted by atomic mass is 9.97. The molecule has 2 heteroatoms. The summed E-state index contributed by atoms with van der Waals surface area (Å²) < 4.78 is 13.2. The maximum atomic E-state index is 13.2. The standard InChI is InChI=1S/C15H24FN/c1-5-11(3)12(4)17-15(6-2)13-8-7-9-14(16)10-13/h7-12,15,17H,5-6H2,1-4H3. The van der Waals surface area contributed by atoms with Crippen molar-refractivity contribution in [2.45, 2.75) is 52.6 Å². The van der Waals surface area contributed by atoms with Crippen LogP contribution < -0.4 is 5.32 Å². The van der Waals surface area contributed by atoms with Crippen molar-refractivity contribution >= 4 is 0 Å². The highest BCUT2D eigenvalue weighted by Crippen LogP contribution is 2.20. The number of nitrogens with one attached hydrogen (secondary N) is 1. The van der Waals surface area contributed by atoms with E-state index in [2.05, 4.69) is 33.0 Å². The third kappa shape index (κ3) is 4.12. The average Bonchev–Trinajstić information content (AvgIpc) is 2.34. The van der Waals surface area contributed by atoms with E-state index in [1.807, 2.05) is 6.07 Å². The lowest BCUT2D eigenvalue weighted by molar-refractivity contribution is 0.345. The van der Waals surface area contributed by atoms with Gasteiger partial charge in [0.05, 0.1) is 0 Å². The fourth-order valence-corrected chi connectivity index (χ4v) is 2.01. The zero-order chi connectivity index (χ0) is 12.8. The molecule has 0 fully saturated rings. The first-order chi connectivity index (χ1) is 8.08. The molecule has 1 aromatic carbocycles. The van der Waals surface area contributed by atoms with Crippen molar-refractivity contribution in [2.24, 2.45) is 5.92 Å². The van der Waals surface area contributed by atoms with Gasteiger partial charge in [0.25, 0.3) is 0 Å². The number of hydrogen-bond acceptors (Lipinski definition) is 1. The molecule has 17 heavy (non-hydrogen) atoms. The van der Waals surface area contributed by atoms with Crippen LogP contribution in [0.2, 0.25) is 0 Å². The number of benzene rings is 1. The predicted octanol–water partition coefficient (Wildman–Crippen LogP) is 4.30. The summed E-state index contributed by atoms with van der Waals surface area (Å²) in [4.78, 5) is 0. The minimum Gasteiger partial charge on any atom is -0.307 e. The number of rotatable bonds is 6. The van der Waals surface area contributed by atoms with Gasteiger partial charge in [-0.15, -0.1) is 0 Å². The summed E-state index contributed by atoms with van der Waals surface area (Å²) in [6.07, 6.45) is 2.14. The van der Waals surface area contributed by atoms with Gasteiger partial charge in [-0.1, -0.05) is 39.3 Å². The second-order valence-electron chi connectivity index (χ2n) is 4.86.